The lowest BCUT2D eigenvalue weighted by Gasteiger charge is -2.32. The van der Waals surface area contributed by atoms with Crippen LogP contribution in [0.15, 0.2) is 47.5 Å². The first kappa shape index (κ1) is 23.7. The molecule has 3 atom stereocenters. The van der Waals surface area contributed by atoms with Crippen LogP contribution in [0.5, 0.6) is 0 Å². The number of thiophene rings is 1. The average molecular weight is 455 g/mol. The Kier molecular flexibility index (Phi) is 7.51. The van der Waals surface area contributed by atoms with Gasteiger partial charge in [-0.2, -0.15) is 0 Å². The lowest BCUT2D eigenvalue weighted by Crippen LogP contribution is -2.42. The van der Waals surface area contributed by atoms with Crippen molar-refractivity contribution in [1.82, 2.24) is 0 Å². The third kappa shape index (κ3) is 5.10. The van der Waals surface area contributed by atoms with Gasteiger partial charge >= 0.3 is 5.97 Å². The molecular weight excluding hydrogens is 426 g/mol. The van der Waals surface area contributed by atoms with E-state index in [9.17, 15) is 19.5 Å². The van der Waals surface area contributed by atoms with Gasteiger partial charge in [-0.1, -0.05) is 48.4 Å². The molecule has 0 saturated heterocycles. The topological polar surface area (TPSA) is 95.5 Å². The van der Waals surface area contributed by atoms with Crippen molar-refractivity contribution in [3.63, 3.8) is 0 Å². The van der Waals surface area contributed by atoms with Crippen LogP contribution in [0.2, 0.25) is 0 Å². The molecule has 3 rings (SSSR count). The Labute approximate surface area is 192 Å². The Balaban J connectivity index is 1.92. The normalized spacial score (nSPS) is 19.4. The van der Waals surface area contributed by atoms with Gasteiger partial charge in [-0.3, -0.25) is 4.79 Å². The van der Waals surface area contributed by atoms with E-state index in [0.717, 1.165) is 21.6 Å². The van der Waals surface area contributed by atoms with Gasteiger partial charge < -0.3 is 20.0 Å². The van der Waals surface area contributed by atoms with E-state index in [4.69, 9.17) is 4.74 Å². The van der Waals surface area contributed by atoms with Gasteiger partial charge in [0.25, 0.3) is 0 Å². The second kappa shape index (κ2) is 10.1. The maximum Gasteiger partial charge on any atom is 0.341 e. The Morgan fingerprint density at radius 1 is 1.12 bits per heavy atom. The van der Waals surface area contributed by atoms with Crippen molar-refractivity contribution in [3.05, 3.63) is 63.5 Å². The van der Waals surface area contributed by atoms with Crippen molar-refractivity contribution in [3.8, 4) is 0 Å². The van der Waals surface area contributed by atoms with Crippen molar-refractivity contribution in [2.24, 2.45) is 11.8 Å². The molecular formula is C25H28NO5S-. The molecule has 1 aromatic heterocycles. The van der Waals surface area contributed by atoms with E-state index in [1.807, 2.05) is 51.1 Å². The van der Waals surface area contributed by atoms with E-state index >= 15 is 0 Å². The highest BCUT2D eigenvalue weighted by atomic mass is 32.1. The first-order valence-corrected chi connectivity index (χ1v) is 11.6. The van der Waals surface area contributed by atoms with Gasteiger partial charge in [-0.05, 0) is 45.2 Å². The summed E-state index contributed by atoms with van der Waals surface area (Å²) >= 11 is 1.31. The van der Waals surface area contributed by atoms with E-state index in [1.165, 1.54) is 11.3 Å². The van der Waals surface area contributed by atoms with E-state index in [1.54, 1.807) is 13.0 Å². The molecule has 170 valence electrons. The average Bonchev–Trinajstić information content (AvgIpc) is 3.19. The summed E-state index contributed by atoms with van der Waals surface area (Å²) in [6.07, 6.45) is 0.640. The Hall–Kier alpha value is -2.93. The highest BCUT2D eigenvalue weighted by Crippen LogP contribution is 2.39. The van der Waals surface area contributed by atoms with Gasteiger partial charge in [-0.15, -0.1) is 11.3 Å². The van der Waals surface area contributed by atoms with Gasteiger partial charge in [0.1, 0.15) is 5.00 Å². The minimum absolute atomic E-state index is 0.0125. The van der Waals surface area contributed by atoms with Gasteiger partial charge in [0.05, 0.1) is 18.1 Å². The van der Waals surface area contributed by atoms with Crippen LogP contribution in [-0.4, -0.2) is 24.5 Å². The zero-order valence-electron chi connectivity index (χ0n) is 18.8. The first-order chi connectivity index (χ1) is 15.2. The van der Waals surface area contributed by atoms with E-state index in [0.29, 0.717) is 11.4 Å². The number of rotatable bonds is 7. The number of carboxylic acids is 1. The van der Waals surface area contributed by atoms with Crippen LogP contribution in [0.3, 0.4) is 0 Å². The summed E-state index contributed by atoms with van der Waals surface area (Å²) in [5.41, 5.74) is 3.36. The first-order valence-electron chi connectivity index (χ1n) is 10.8. The number of esters is 1. The third-order valence-electron chi connectivity index (χ3n) is 6.12. The zero-order valence-corrected chi connectivity index (χ0v) is 19.6. The van der Waals surface area contributed by atoms with Crippen molar-refractivity contribution in [2.45, 2.75) is 46.5 Å². The molecule has 1 N–H and O–H groups in total. The number of carboxylic acid groups (broad SMARTS) is 1. The zero-order chi connectivity index (χ0) is 23.4. The molecule has 0 aliphatic heterocycles. The standard InChI is InChI=1S/C25H29NO5S/c1-5-31-25(30)20-13-21(16(4)17-9-7-6-8-10-17)32-23(20)26-22(27)18-11-14(2)15(3)12-19(18)24(28)29/h6-10,13,16,18-19H,5,11-12H2,1-4H3,(H,26,27)(H,28,29)/p-1/t16-,18+,19+/m0/s1. The summed E-state index contributed by atoms with van der Waals surface area (Å²) in [6, 6.07) is 11.6. The minimum Gasteiger partial charge on any atom is -0.550 e. The molecule has 0 fully saturated rings. The fourth-order valence-corrected chi connectivity index (χ4v) is 5.13. The lowest BCUT2D eigenvalue weighted by atomic mass is 9.76. The SMILES string of the molecule is CCOC(=O)c1cc([C@@H](C)c2ccccc2)sc1NC(=O)[C@@H]1CC(C)=C(C)C[C@H]1C(=O)[O-]. The highest BCUT2D eigenvalue weighted by Gasteiger charge is 2.34. The van der Waals surface area contributed by atoms with Crippen LogP contribution in [0.4, 0.5) is 5.00 Å². The number of hydrogen-bond donors (Lipinski definition) is 1. The maximum atomic E-state index is 13.1. The molecule has 0 bridgehead atoms. The molecule has 1 heterocycles. The molecule has 1 aromatic carbocycles. The van der Waals surface area contributed by atoms with E-state index in [2.05, 4.69) is 5.32 Å². The molecule has 0 radical (unpaired) electrons. The van der Waals surface area contributed by atoms with Crippen LogP contribution in [0.1, 0.15) is 67.3 Å². The number of nitrogens with one attached hydrogen (secondary N) is 1. The third-order valence-corrected chi connectivity index (χ3v) is 7.35. The summed E-state index contributed by atoms with van der Waals surface area (Å²) in [7, 11) is 0. The van der Waals surface area contributed by atoms with Crippen LogP contribution < -0.4 is 10.4 Å². The molecule has 2 aromatic rings. The minimum atomic E-state index is -1.23. The molecule has 0 spiro atoms. The molecule has 1 amide bonds. The highest BCUT2D eigenvalue weighted by molar-refractivity contribution is 7.16. The Morgan fingerprint density at radius 3 is 2.34 bits per heavy atom. The fraction of sp³-hybridized carbons (Fsp3) is 0.400. The van der Waals surface area contributed by atoms with Gasteiger partial charge in [0, 0.05) is 22.7 Å². The van der Waals surface area contributed by atoms with E-state index < -0.39 is 29.7 Å². The Morgan fingerprint density at radius 2 is 1.75 bits per heavy atom. The number of benzene rings is 1. The number of ether oxygens (including phenoxy) is 1. The molecule has 0 saturated carbocycles. The number of carbonyl (C=O) groups excluding carboxylic acids is 3. The summed E-state index contributed by atoms with van der Waals surface area (Å²) in [6.45, 7) is 7.76. The smallest absolute Gasteiger partial charge is 0.341 e. The number of hydrogen-bond acceptors (Lipinski definition) is 6. The van der Waals surface area contributed by atoms with Crippen LogP contribution in [0.25, 0.3) is 0 Å². The maximum absolute atomic E-state index is 13.1. The molecule has 32 heavy (non-hydrogen) atoms. The fourth-order valence-electron chi connectivity index (χ4n) is 4.00. The van der Waals surface area contributed by atoms with Gasteiger partial charge in [0.2, 0.25) is 5.91 Å². The van der Waals surface area contributed by atoms with E-state index in [-0.39, 0.29) is 24.5 Å². The molecule has 0 unspecified atom stereocenters. The summed E-state index contributed by atoms with van der Waals surface area (Å²) in [4.78, 5) is 38.3. The molecule has 1 aliphatic carbocycles. The monoisotopic (exact) mass is 454 g/mol. The number of carbonyl (C=O) groups is 3. The number of anilines is 1. The van der Waals surface area contributed by atoms with Crippen molar-refractivity contribution < 1.29 is 24.2 Å². The lowest BCUT2D eigenvalue weighted by molar-refractivity contribution is -0.313. The largest absolute Gasteiger partial charge is 0.550 e. The second-order valence-corrected chi connectivity index (χ2v) is 9.32. The van der Waals surface area contributed by atoms with Crippen molar-refractivity contribution >= 4 is 34.2 Å². The number of amides is 1. The summed E-state index contributed by atoms with van der Waals surface area (Å²) in [5.74, 6) is -3.80. The van der Waals surface area contributed by atoms with Crippen LogP contribution in [-0.2, 0) is 14.3 Å². The summed E-state index contributed by atoms with van der Waals surface area (Å²) < 4.78 is 5.19. The second-order valence-electron chi connectivity index (χ2n) is 8.23. The quantitative estimate of drug-likeness (QED) is 0.501. The number of aliphatic carboxylic acids is 1. The molecule has 6 nitrogen and oxygen atoms in total. The Bertz CT molecular complexity index is 1040. The van der Waals surface area contributed by atoms with Crippen molar-refractivity contribution in [1.29, 1.82) is 0 Å². The molecule has 7 heteroatoms. The van der Waals surface area contributed by atoms with Gasteiger partial charge in [-0.25, -0.2) is 4.79 Å². The van der Waals surface area contributed by atoms with Crippen LogP contribution in [0, 0.1) is 11.8 Å². The van der Waals surface area contributed by atoms with Crippen LogP contribution >= 0.6 is 11.3 Å². The number of allylic oxidation sites excluding steroid dienone is 2. The summed E-state index contributed by atoms with van der Waals surface area (Å²) in [5, 5.41) is 14.9. The predicted octanol–water partition coefficient (Wildman–Crippen LogP) is 4.13. The molecule has 1 aliphatic rings. The van der Waals surface area contributed by atoms with Gasteiger partial charge in [0.15, 0.2) is 0 Å². The predicted molar refractivity (Wildman–Crippen MR) is 122 cm³/mol. The van der Waals surface area contributed by atoms with Crippen molar-refractivity contribution in [2.75, 3.05) is 11.9 Å².